The molecule has 1 aromatic rings. The molecule has 1 aliphatic rings. The van der Waals surface area contributed by atoms with E-state index in [0.717, 1.165) is 12.0 Å². The Morgan fingerprint density at radius 2 is 1.80 bits per heavy atom. The molecule has 1 heterocycles. The van der Waals surface area contributed by atoms with Crippen LogP contribution in [0.3, 0.4) is 0 Å². The van der Waals surface area contributed by atoms with Gasteiger partial charge in [-0.3, -0.25) is 0 Å². The molecular weight excluding hydrogens is 274 g/mol. The van der Waals surface area contributed by atoms with Crippen LogP contribution in [0.15, 0.2) is 23.1 Å². The Balaban J connectivity index is 2.32. The molecule has 0 spiro atoms. The standard InChI is InChI=1S/C15H23NO3S/c1-11-7-12(2)10-16(9-11)20(17,18)14-5-6-15(19-4)13(3)8-14/h5-6,8,11-12H,7,9-10H2,1-4H3. The fourth-order valence-corrected chi connectivity index (χ4v) is 4.73. The Bertz CT molecular complexity index is 573. The van der Waals surface area contributed by atoms with Gasteiger partial charge in [-0.1, -0.05) is 13.8 Å². The van der Waals surface area contributed by atoms with E-state index in [0.29, 0.717) is 35.6 Å². The van der Waals surface area contributed by atoms with E-state index in [9.17, 15) is 8.42 Å². The van der Waals surface area contributed by atoms with Crippen molar-refractivity contribution in [1.82, 2.24) is 4.31 Å². The monoisotopic (exact) mass is 297 g/mol. The average molecular weight is 297 g/mol. The van der Waals surface area contributed by atoms with Gasteiger partial charge in [0.15, 0.2) is 0 Å². The van der Waals surface area contributed by atoms with Crippen molar-refractivity contribution in [2.45, 2.75) is 32.1 Å². The summed E-state index contributed by atoms with van der Waals surface area (Å²) < 4.78 is 32.2. The molecule has 0 amide bonds. The number of benzene rings is 1. The van der Waals surface area contributed by atoms with Crippen LogP contribution in [0.2, 0.25) is 0 Å². The van der Waals surface area contributed by atoms with Gasteiger partial charge < -0.3 is 4.74 Å². The van der Waals surface area contributed by atoms with Crippen molar-refractivity contribution >= 4 is 10.0 Å². The Labute approximate surface area is 121 Å². The smallest absolute Gasteiger partial charge is 0.243 e. The summed E-state index contributed by atoms with van der Waals surface area (Å²) in [6.07, 6.45) is 1.09. The molecule has 2 atom stereocenters. The number of hydrogen-bond acceptors (Lipinski definition) is 3. The second-order valence-electron chi connectivity index (χ2n) is 5.90. The lowest BCUT2D eigenvalue weighted by Gasteiger charge is -2.34. The molecule has 2 rings (SSSR count). The van der Waals surface area contributed by atoms with E-state index in [-0.39, 0.29) is 0 Å². The number of hydrogen-bond donors (Lipinski definition) is 0. The van der Waals surface area contributed by atoms with Crippen LogP contribution >= 0.6 is 0 Å². The van der Waals surface area contributed by atoms with Gasteiger partial charge in [0.1, 0.15) is 5.75 Å². The second-order valence-corrected chi connectivity index (χ2v) is 7.84. The molecule has 0 radical (unpaired) electrons. The Morgan fingerprint density at radius 1 is 1.20 bits per heavy atom. The van der Waals surface area contributed by atoms with Gasteiger partial charge in [-0.05, 0) is 48.9 Å². The van der Waals surface area contributed by atoms with E-state index >= 15 is 0 Å². The van der Waals surface area contributed by atoms with Crippen LogP contribution in [0.5, 0.6) is 5.75 Å². The number of methoxy groups -OCH3 is 1. The van der Waals surface area contributed by atoms with Crippen molar-refractivity contribution in [3.8, 4) is 5.75 Å². The molecule has 1 fully saturated rings. The summed E-state index contributed by atoms with van der Waals surface area (Å²) >= 11 is 0. The minimum atomic E-state index is -3.40. The predicted molar refractivity (Wildman–Crippen MR) is 79.4 cm³/mol. The Kier molecular flexibility index (Phi) is 4.39. The lowest BCUT2D eigenvalue weighted by molar-refractivity contribution is 0.222. The van der Waals surface area contributed by atoms with Gasteiger partial charge in [-0.15, -0.1) is 0 Å². The largest absolute Gasteiger partial charge is 0.496 e. The average Bonchev–Trinajstić information content (AvgIpc) is 2.37. The molecule has 1 saturated heterocycles. The highest BCUT2D eigenvalue weighted by Crippen LogP contribution is 2.28. The minimum absolute atomic E-state index is 0.358. The van der Waals surface area contributed by atoms with Crippen molar-refractivity contribution < 1.29 is 13.2 Å². The lowest BCUT2D eigenvalue weighted by Crippen LogP contribution is -2.42. The molecule has 0 saturated carbocycles. The summed E-state index contributed by atoms with van der Waals surface area (Å²) in [4.78, 5) is 0.358. The first kappa shape index (κ1) is 15.3. The first-order valence-electron chi connectivity index (χ1n) is 6.99. The van der Waals surface area contributed by atoms with Gasteiger partial charge in [0.25, 0.3) is 0 Å². The van der Waals surface area contributed by atoms with Gasteiger partial charge in [-0.2, -0.15) is 4.31 Å². The predicted octanol–water partition coefficient (Wildman–Crippen LogP) is 2.67. The SMILES string of the molecule is COc1ccc(S(=O)(=O)N2CC(C)CC(C)C2)cc1C. The third-order valence-corrected chi connectivity index (χ3v) is 5.67. The zero-order valence-corrected chi connectivity index (χ0v) is 13.4. The third kappa shape index (κ3) is 2.99. The zero-order chi connectivity index (χ0) is 14.9. The fraction of sp³-hybridized carbons (Fsp3) is 0.600. The van der Waals surface area contributed by atoms with Gasteiger partial charge in [-0.25, -0.2) is 8.42 Å². The fourth-order valence-electron chi connectivity index (χ4n) is 2.96. The number of sulfonamides is 1. The maximum atomic E-state index is 12.7. The Hall–Kier alpha value is -1.07. The van der Waals surface area contributed by atoms with Crippen LogP contribution < -0.4 is 4.74 Å². The minimum Gasteiger partial charge on any atom is -0.496 e. The molecule has 0 bridgehead atoms. The molecule has 112 valence electrons. The molecule has 0 aliphatic carbocycles. The molecule has 20 heavy (non-hydrogen) atoms. The van der Waals surface area contributed by atoms with Crippen molar-refractivity contribution in [3.05, 3.63) is 23.8 Å². The van der Waals surface area contributed by atoms with Crippen LogP contribution in [0, 0.1) is 18.8 Å². The van der Waals surface area contributed by atoms with E-state index in [2.05, 4.69) is 13.8 Å². The molecule has 0 aromatic heterocycles. The van der Waals surface area contributed by atoms with E-state index in [1.54, 1.807) is 29.6 Å². The van der Waals surface area contributed by atoms with Gasteiger partial charge >= 0.3 is 0 Å². The number of nitrogens with zero attached hydrogens (tertiary/aromatic N) is 1. The first-order chi connectivity index (χ1) is 9.34. The summed E-state index contributed by atoms with van der Waals surface area (Å²) in [6, 6.07) is 5.04. The van der Waals surface area contributed by atoms with E-state index in [1.807, 2.05) is 6.92 Å². The van der Waals surface area contributed by atoms with Crippen molar-refractivity contribution in [1.29, 1.82) is 0 Å². The lowest BCUT2D eigenvalue weighted by atomic mass is 9.94. The van der Waals surface area contributed by atoms with E-state index in [1.165, 1.54) is 0 Å². The van der Waals surface area contributed by atoms with E-state index in [4.69, 9.17) is 4.74 Å². The van der Waals surface area contributed by atoms with Crippen LogP contribution in [-0.4, -0.2) is 32.9 Å². The van der Waals surface area contributed by atoms with Crippen LogP contribution in [0.1, 0.15) is 25.8 Å². The van der Waals surface area contributed by atoms with Crippen LogP contribution in [0.4, 0.5) is 0 Å². The molecule has 2 unspecified atom stereocenters. The van der Waals surface area contributed by atoms with Crippen molar-refractivity contribution in [2.24, 2.45) is 11.8 Å². The van der Waals surface area contributed by atoms with Gasteiger partial charge in [0.2, 0.25) is 10.0 Å². The highest BCUT2D eigenvalue weighted by molar-refractivity contribution is 7.89. The summed E-state index contributed by atoms with van der Waals surface area (Å²) in [5, 5.41) is 0. The highest BCUT2D eigenvalue weighted by atomic mass is 32.2. The summed E-state index contributed by atoms with van der Waals surface area (Å²) in [5.74, 6) is 1.53. The molecule has 1 aromatic carbocycles. The van der Waals surface area contributed by atoms with Gasteiger partial charge in [0, 0.05) is 13.1 Å². The molecule has 5 heteroatoms. The first-order valence-corrected chi connectivity index (χ1v) is 8.43. The summed E-state index contributed by atoms with van der Waals surface area (Å²) in [7, 11) is -1.81. The van der Waals surface area contributed by atoms with Crippen molar-refractivity contribution in [2.75, 3.05) is 20.2 Å². The summed E-state index contributed by atoms with van der Waals surface area (Å²) in [6.45, 7) is 7.30. The second kappa shape index (κ2) is 5.74. The Morgan fingerprint density at radius 3 is 2.30 bits per heavy atom. The number of rotatable bonds is 3. The van der Waals surface area contributed by atoms with Crippen molar-refractivity contribution in [3.63, 3.8) is 0 Å². The van der Waals surface area contributed by atoms with Crippen LogP contribution in [-0.2, 0) is 10.0 Å². The summed E-state index contributed by atoms with van der Waals surface area (Å²) in [5.41, 5.74) is 0.840. The maximum Gasteiger partial charge on any atom is 0.243 e. The number of ether oxygens (including phenoxy) is 1. The maximum absolute atomic E-state index is 12.7. The molecule has 0 N–H and O–H groups in total. The van der Waals surface area contributed by atoms with Gasteiger partial charge in [0.05, 0.1) is 12.0 Å². The number of aryl methyl sites for hydroxylation is 1. The van der Waals surface area contributed by atoms with Crippen LogP contribution in [0.25, 0.3) is 0 Å². The molecule has 1 aliphatic heterocycles. The van der Waals surface area contributed by atoms with E-state index < -0.39 is 10.0 Å². The normalized spacial score (nSPS) is 24.6. The highest BCUT2D eigenvalue weighted by Gasteiger charge is 2.31. The topological polar surface area (TPSA) is 46.6 Å². The third-order valence-electron chi connectivity index (χ3n) is 3.84. The number of piperidine rings is 1. The molecule has 4 nitrogen and oxygen atoms in total. The zero-order valence-electron chi connectivity index (χ0n) is 12.6. The molecular formula is C15H23NO3S. The quantitative estimate of drug-likeness (QED) is 0.861.